The van der Waals surface area contributed by atoms with Crippen LogP contribution in [0.15, 0.2) is 47.4 Å². The Balaban J connectivity index is 1.59. The van der Waals surface area contributed by atoms with Gasteiger partial charge < -0.3 is 10.1 Å². The van der Waals surface area contributed by atoms with Gasteiger partial charge in [0.05, 0.1) is 28.4 Å². The molecule has 0 aromatic heterocycles. The van der Waals surface area contributed by atoms with Crippen molar-refractivity contribution in [2.75, 3.05) is 36.8 Å². The van der Waals surface area contributed by atoms with Gasteiger partial charge in [0, 0.05) is 13.1 Å². The molecule has 0 radical (unpaired) electrons. The van der Waals surface area contributed by atoms with Crippen molar-refractivity contribution in [3.8, 4) is 5.75 Å². The zero-order valence-electron chi connectivity index (χ0n) is 20.0. The van der Waals surface area contributed by atoms with Crippen LogP contribution in [0.1, 0.15) is 26.2 Å². The lowest BCUT2D eigenvalue weighted by Gasteiger charge is -2.30. The number of sulfonamides is 2. The minimum Gasteiger partial charge on any atom is -0.492 e. The molecule has 0 aliphatic carbocycles. The van der Waals surface area contributed by atoms with Crippen LogP contribution in [0.3, 0.4) is 0 Å². The Morgan fingerprint density at radius 3 is 2.33 bits per heavy atom. The summed E-state index contributed by atoms with van der Waals surface area (Å²) in [7, 11) is -7.41. The van der Waals surface area contributed by atoms with E-state index in [9.17, 15) is 26.0 Å². The summed E-state index contributed by atoms with van der Waals surface area (Å²) in [4.78, 5) is 13.0. The molecule has 0 bridgehead atoms. The summed E-state index contributed by atoms with van der Waals surface area (Å²) in [5.74, 6) is -0.834. The summed E-state index contributed by atoms with van der Waals surface area (Å²) in [5, 5.41) is 2.39. The largest absolute Gasteiger partial charge is 0.492 e. The number of carbonyl (C=O) groups excluding carboxylic acids is 1. The second kappa shape index (κ2) is 11.8. The topological polar surface area (TPSA) is 113 Å². The summed E-state index contributed by atoms with van der Waals surface area (Å²) in [6.45, 7) is 2.84. The molecular formula is C23H29ClFN3O6S2. The molecule has 1 amide bonds. The Hall–Kier alpha value is -2.41. The second-order valence-corrected chi connectivity index (χ2v) is 12.5. The van der Waals surface area contributed by atoms with Crippen molar-refractivity contribution < 1.29 is 30.8 Å². The van der Waals surface area contributed by atoms with Gasteiger partial charge in [-0.2, -0.15) is 4.31 Å². The molecule has 36 heavy (non-hydrogen) atoms. The molecule has 1 fully saturated rings. The zero-order chi connectivity index (χ0) is 26.5. The Labute approximate surface area is 216 Å². The van der Waals surface area contributed by atoms with Crippen molar-refractivity contribution in [1.82, 2.24) is 9.62 Å². The van der Waals surface area contributed by atoms with Gasteiger partial charge in [-0.25, -0.2) is 21.2 Å². The summed E-state index contributed by atoms with van der Waals surface area (Å²) < 4.78 is 71.7. The number of ether oxygens (including phenoxy) is 1. The molecule has 1 aliphatic rings. The summed E-state index contributed by atoms with van der Waals surface area (Å²) in [5.41, 5.74) is 0.0751. The average molecular weight is 562 g/mol. The van der Waals surface area contributed by atoms with Gasteiger partial charge in [-0.15, -0.1) is 0 Å². The Morgan fingerprint density at radius 1 is 1.14 bits per heavy atom. The third-order valence-electron chi connectivity index (χ3n) is 5.68. The molecule has 0 saturated carbocycles. The number of rotatable bonds is 11. The van der Waals surface area contributed by atoms with Crippen molar-refractivity contribution in [3.63, 3.8) is 0 Å². The number of benzene rings is 2. The first-order valence-electron chi connectivity index (χ1n) is 11.4. The average Bonchev–Trinajstić information content (AvgIpc) is 3.37. The molecule has 3 rings (SSSR count). The lowest BCUT2D eigenvalue weighted by molar-refractivity contribution is -0.122. The minimum atomic E-state index is -3.89. The fourth-order valence-electron chi connectivity index (χ4n) is 3.93. The van der Waals surface area contributed by atoms with E-state index in [1.165, 1.54) is 22.5 Å². The van der Waals surface area contributed by atoms with Gasteiger partial charge in [0.25, 0.3) is 0 Å². The predicted octanol–water partition coefficient (Wildman–Crippen LogP) is 3.00. The smallest absolute Gasteiger partial charge is 0.244 e. The van der Waals surface area contributed by atoms with Crippen LogP contribution in [0.2, 0.25) is 5.02 Å². The van der Waals surface area contributed by atoms with E-state index in [4.69, 9.17) is 16.3 Å². The van der Waals surface area contributed by atoms with Gasteiger partial charge in [0.15, 0.2) is 0 Å². The van der Waals surface area contributed by atoms with Crippen molar-refractivity contribution >= 4 is 43.2 Å². The third-order valence-corrected chi connectivity index (χ3v) is 9.07. The summed E-state index contributed by atoms with van der Waals surface area (Å²) in [6.07, 6.45) is 2.81. The summed E-state index contributed by atoms with van der Waals surface area (Å²) in [6, 6.07) is 8.40. The normalized spacial score (nSPS) is 15.4. The molecule has 1 saturated heterocycles. The van der Waals surface area contributed by atoms with Gasteiger partial charge >= 0.3 is 0 Å². The molecule has 1 aliphatic heterocycles. The van der Waals surface area contributed by atoms with E-state index in [2.05, 4.69) is 5.32 Å². The minimum absolute atomic E-state index is 0.0711. The summed E-state index contributed by atoms with van der Waals surface area (Å²) >= 11 is 5.81. The van der Waals surface area contributed by atoms with E-state index in [-0.39, 0.29) is 35.2 Å². The molecule has 13 heteroatoms. The lowest BCUT2D eigenvalue weighted by Crippen LogP contribution is -2.50. The highest BCUT2D eigenvalue weighted by Crippen LogP contribution is 2.27. The van der Waals surface area contributed by atoms with Crippen LogP contribution in [0.5, 0.6) is 5.75 Å². The monoisotopic (exact) mass is 561 g/mol. The van der Waals surface area contributed by atoms with Gasteiger partial charge in [-0.1, -0.05) is 18.5 Å². The molecule has 1 N–H and O–H groups in total. The first-order chi connectivity index (χ1) is 16.9. The standard InChI is InChI=1S/C23H29ClFN3O6S2/c1-3-22(28(35(2,30)31)17-6-11-21(25)20(24)16-17)23(29)26-12-15-34-18-7-9-19(10-8-18)36(32,33)27-13-4-5-14-27/h6-11,16,22H,3-5,12-15H2,1-2H3,(H,26,29). The molecule has 9 nitrogen and oxygen atoms in total. The van der Waals surface area contributed by atoms with E-state index in [0.29, 0.717) is 18.8 Å². The molecule has 1 unspecified atom stereocenters. The van der Waals surface area contributed by atoms with Crippen LogP contribution in [-0.2, 0) is 24.8 Å². The van der Waals surface area contributed by atoms with Crippen LogP contribution in [0, 0.1) is 5.82 Å². The molecule has 2 aromatic carbocycles. The molecule has 198 valence electrons. The Kier molecular flexibility index (Phi) is 9.20. The highest BCUT2D eigenvalue weighted by Gasteiger charge is 2.32. The van der Waals surface area contributed by atoms with Gasteiger partial charge in [0.1, 0.15) is 24.2 Å². The molecule has 0 spiro atoms. The molecule has 1 atom stereocenters. The lowest BCUT2D eigenvalue weighted by atomic mass is 10.2. The van der Waals surface area contributed by atoms with Crippen molar-refractivity contribution in [2.45, 2.75) is 37.1 Å². The van der Waals surface area contributed by atoms with E-state index in [1.807, 2.05) is 0 Å². The number of carbonyl (C=O) groups is 1. The maximum Gasteiger partial charge on any atom is 0.244 e. The van der Waals surface area contributed by atoms with Gasteiger partial charge in [-0.3, -0.25) is 9.10 Å². The number of hydrogen-bond donors (Lipinski definition) is 1. The number of anilines is 1. The quantitative estimate of drug-likeness (QED) is 0.422. The van der Waals surface area contributed by atoms with Crippen LogP contribution < -0.4 is 14.4 Å². The Morgan fingerprint density at radius 2 is 1.78 bits per heavy atom. The fraction of sp³-hybridized carbons (Fsp3) is 0.435. The third kappa shape index (κ3) is 6.67. The number of amides is 1. The number of hydrogen-bond acceptors (Lipinski definition) is 6. The molecule has 2 aromatic rings. The maximum absolute atomic E-state index is 13.6. The van der Waals surface area contributed by atoms with Crippen LogP contribution in [0.4, 0.5) is 10.1 Å². The maximum atomic E-state index is 13.6. The first-order valence-corrected chi connectivity index (χ1v) is 15.1. The van der Waals surface area contributed by atoms with E-state index >= 15 is 0 Å². The van der Waals surface area contributed by atoms with Gasteiger partial charge in [0.2, 0.25) is 26.0 Å². The Bertz CT molecular complexity index is 1280. The number of nitrogens with one attached hydrogen (secondary N) is 1. The number of halogens is 2. The van der Waals surface area contributed by atoms with Crippen molar-refractivity contribution in [1.29, 1.82) is 0 Å². The van der Waals surface area contributed by atoms with Crippen LogP contribution >= 0.6 is 11.6 Å². The van der Waals surface area contributed by atoms with Crippen LogP contribution in [0.25, 0.3) is 0 Å². The van der Waals surface area contributed by atoms with Crippen molar-refractivity contribution in [3.05, 3.63) is 53.3 Å². The van der Waals surface area contributed by atoms with E-state index < -0.39 is 37.8 Å². The number of nitrogens with zero attached hydrogens (tertiary/aromatic N) is 2. The zero-order valence-corrected chi connectivity index (χ0v) is 22.4. The highest BCUT2D eigenvalue weighted by atomic mass is 35.5. The fourth-order valence-corrected chi connectivity index (χ4v) is 6.82. The predicted molar refractivity (Wildman–Crippen MR) is 136 cm³/mol. The van der Waals surface area contributed by atoms with Crippen molar-refractivity contribution in [2.24, 2.45) is 0 Å². The van der Waals surface area contributed by atoms with E-state index in [0.717, 1.165) is 35.5 Å². The highest BCUT2D eigenvalue weighted by molar-refractivity contribution is 7.92. The second-order valence-electron chi connectivity index (χ2n) is 8.30. The van der Waals surface area contributed by atoms with E-state index in [1.54, 1.807) is 19.1 Å². The molecule has 1 heterocycles. The van der Waals surface area contributed by atoms with Gasteiger partial charge in [-0.05, 0) is 61.7 Å². The van der Waals surface area contributed by atoms with Crippen LogP contribution in [-0.4, -0.2) is 65.6 Å². The molecular weight excluding hydrogens is 533 g/mol. The SMILES string of the molecule is CCC(C(=O)NCCOc1ccc(S(=O)(=O)N2CCCC2)cc1)N(c1ccc(F)c(Cl)c1)S(C)(=O)=O. The first kappa shape index (κ1) is 28.2.